The summed E-state index contributed by atoms with van der Waals surface area (Å²) in [6.07, 6.45) is 6.34. The van der Waals surface area contributed by atoms with Crippen LogP contribution in [0.1, 0.15) is 22.5 Å². The molecule has 3 rings (SSSR count). The second-order valence-corrected chi connectivity index (χ2v) is 4.30. The maximum Gasteiger partial charge on any atom is 0.313 e. The minimum Gasteiger partial charge on any atom is -0.469 e. The van der Waals surface area contributed by atoms with Gasteiger partial charge >= 0.3 is 5.97 Å². The number of hydrogen-bond acceptors (Lipinski definition) is 4. The predicted octanol–water partition coefficient (Wildman–Crippen LogP) is 2.48. The second kappa shape index (κ2) is 6.49. The Morgan fingerprint density at radius 2 is 1.95 bits per heavy atom. The molecule has 0 saturated carbocycles. The van der Waals surface area contributed by atoms with Crippen LogP contribution < -0.4 is 0 Å². The molecule has 0 unspecified atom stereocenters. The molecule has 0 amide bonds. The van der Waals surface area contributed by atoms with Crippen molar-refractivity contribution in [2.45, 2.75) is 6.42 Å². The molecule has 0 fully saturated rings. The summed E-state index contributed by atoms with van der Waals surface area (Å²) in [6, 6.07) is 11.6. The van der Waals surface area contributed by atoms with Gasteiger partial charge in [-0.05, 0) is 35.2 Å². The number of aromatic nitrogens is 1. The molecule has 2 aliphatic rings. The van der Waals surface area contributed by atoms with Crippen LogP contribution in [0.5, 0.6) is 0 Å². The first kappa shape index (κ1) is 14.5. The molecular weight excluding hydrogens is 266 g/mol. The van der Waals surface area contributed by atoms with Crippen LogP contribution in [0.25, 0.3) is 11.1 Å². The number of carbonyl (C=O) groups excluding carboxylic acids is 2. The molecule has 0 atom stereocenters. The number of pyridine rings is 1. The number of hydrogen-bond donors (Lipinski definition) is 0. The van der Waals surface area contributed by atoms with E-state index in [1.165, 1.54) is 30.5 Å². The predicted molar refractivity (Wildman–Crippen MR) is 78.6 cm³/mol. The second-order valence-electron chi connectivity index (χ2n) is 4.30. The van der Waals surface area contributed by atoms with Gasteiger partial charge in [-0.15, -0.1) is 6.42 Å². The highest BCUT2D eigenvalue weighted by Gasteiger charge is 2.15. The minimum atomic E-state index is -0.591. The summed E-state index contributed by atoms with van der Waals surface area (Å²) < 4.78 is 4.38. The fourth-order valence-electron chi connectivity index (χ4n) is 1.72. The highest BCUT2D eigenvalue weighted by Crippen LogP contribution is 2.32. The van der Waals surface area contributed by atoms with Gasteiger partial charge in [0.15, 0.2) is 5.78 Å². The number of benzene rings is 1. The van der Waals surface area contributed by atoms with E-state index >= 15 is 0 Å². The third kappa shape index (κ3) is 3.77. The lowest BCUT2D eigenvalue weighted by atomic mass is 10.1. The lowest BCUT2D eigenvalue weighted by Crippen LogP contribution is -2.11. The average Bonchev–Trinajstić information content (AvgIpc) is 3.13. The van der Waals surface area contributed by atoms with Gasteiger partial charge in [0.2, 0.25) is 0 Å². The van der Waals surface area contributed by atoms with E-state index in [2.05, 4.69) is 39.9 Å². The zero-order valence-corrected chi connectivity index (χ0v) is 11.5. The molecule has 0 radical (unpaired) electrons. The van der Waals surface area contributed by atoms with Gasteiger partial charge in [-0.1, -0.05) is 18.2 Å². The number of methoxy groups -OCH3 is 1. The molecular formula is C17H13NO3. The van der Waals surface area contributed by atoms with Crippen LogP contribution in [0.3, 0.4) is 0 Å². The van der Waals surface area contributed by atoms with E-state index in [1.54, 1.807) is 6.07 Å². The van der Waals surface area contributed by atoms with Crippen LogP contribution >= 0.6 is 0 Å². The summed E-state index contributed by atoms with van der Waals surface area (Å²) in [5, 5.41) is 0. The van der Waals surface area contributed by atoms with Gasteiger partial charge in [-0.2, -0.15) is 0 Å². The third-order valence-electron chi connectivity index (χ3n) is 2.89. The van der Waals surface area contributed by atoms with Crippen molar-refractivity contribution in [3.63, 3.8) is 0 Å². The van der Waals surface area contributed by atoms with Crippen molar-refractivity contribution in [2.75, 3.05) is 7.11 Å². The van der Waals surface area contributed by atoms with E-state index in [0.29, 0.717) is 0 Å². The van der Waals surface area contributed by atoms with E-state index in [4.69, 9.17) is 6.42 Å². The maximum absolute atomic E-state index is 11.6. The first-order chi connectivity index (χ1) is 10.2. The fraction of sp³-hybridized carbons (Fsp3) is 0.118. The van der Waals surface area contributed by atoms with Gasteiger partial charge < -0.3 is 4.74 Å². The molecule has 0 bridgehead atoms. The Balaban J connectivity index is 0.000000218. The molecule has 1 heterocycles. The van der Waals surface area contributed by atoms with Gasteiger partial charge in [0.25, 0.3) is 0 Å². The average molecular weight is 279 g/mol. The highest BCUT2D eigenvalue weighted by molar-refractivity contribution is 6.07. The molecule has 0 saturated heterocycles. The van der Waals surface area contributed by atoms with Crippen molar-refractivity contribution in [1.29, 1.82) is 0 Å². The number of ether oxygens (including phenoxy) is 1. The molecule has 4 heteroatoms. The molecule has 0 aromatic carbocycles. The molecule has 1 aromatic heterocycles. The number of carbonyl (C=O) groups is 2. The Morgan fingerprint density at radius 3 is 2.43 bits per heavy atom. The minimum absolute atomic E-state index is 0.242. The van der Waals surface area contributed by atoms with Crippen molar-refractivity contribution in [3.05, 3.63) is 53.9 Å². The summed E-state index contributed by atoms with van der Waals surface area (Å²) in [7, 11) is 1.22. The normalized spacial score (nSPS) is 9.71. The molecule has 21 heavy (non-hydrogen) atoms. The Morgan fingerprint density at radius 1 is 1.24 bits per heavy atom. The van der Waals surface area contributed by atoms with Crippen molar-refractivity contribution < 1.29 is 14.3 Å². The summed E-state index contributed by atoms with van der Waals surface area (Å²) in [6.45, 7) is 0. The number of ketones is 1. The van der Waals surface area contributed by atoms with Crippen LogP contribution in [0.4, 0.5) is 0 Å². The molecule has 0 spiro atoms. The van der Waals surface area contributed by atoms with E-state index in [-0.39, 0.29) is 23.5 Å². The lowest BCUT2D eigenvalue weighted by Gasteiger charge is -2.01. The maximum atomic E-state index is 11.6. The molecule has 104 valence electrons. The van der Waals surface area contributed by atoms with Gasteiger partial charge in [0.1, 0.15) is 12.1 Å². The topological polar surface area (TPSA) is 56.3 Å². The Bertz CT molecular complexity index is 712. The van der Waals surface area contributed by atoms with E-state index in [9.17, 15) is 9.59 Å². The van der Waals surface area contributed by atoms with Gasteiger partial charge in [-0.3, -0.25) is 9.59 Å². The highest BCUT2D eigenvalue weighted by atomic mass is 16.5. The summed E-state index contributed by atoms with van der Waals surface area (Å²) in [5.74, 6) is 1.31. The SMILES string of the molecule is C#Cc1ncccc1C(=O)CC(=O)OC.c1cc2cc-2c1. The molecule has 0 N–H and O–H groups in total. The van der Waals surface area contributed by atoms with Crippen molar-refractivity contribution >= 4 is 11.8 Å². The van der Waals surface area contributed by atoms with Crippen LogP contribution in [-0.4, -0.2) is 23.8 Å². The fourth-order valence-corrected chi connectivity index (χ4v) is 1.72. The Kier molecular flexibility index (Phi) is 4.47. The quantitative estimate of drug-likeness (QED) is 0.320. The van der Waals surface area contributed by atoms with E-state index in [0.717, 1.165) is 0 Å². The van der Waals surface area contributed by atoms with Crippen LogP contribution in [0.15, 0.2) is 42.6 Å². The van der Waals surface area contributed by atoms with Crippen molar-refractivity contribution in [2.24, 2.45) is 0 Å². The number of Topliss-reactive ketones (excluding diaryl/α,β-unsaturated/α-hetero) is 1. The summed E-state index contributed by atoms with van der Waals surface area (Å²) in [5.41, 5.74) is 3.36. The van der Waals surface area contributed by atoms with Gasteiger partial charge in [-0.25, -0.2) is 4.98 Å². The molecule has 1 aromatic rings. The number of nitrogens with zero attached hydrogens (tertiary/aromatic N) is 1. The van der Waals surface area contributed by atoms with Gasteiger partial charge in [0, 0.05) is 6.20 Å². The van der Waals surface area contributed by atoms with E-state index in [1.807, 2.05) is 0 Å². The third-order valence-corrected chi connectivity index (χ3v) is 2.89. The molecule has 0 aliphatic heterocycles. The number of terminal acetylenes is 1. The summed E-state index contributed by atoms with van der Waals surface area (Å²) in [4.78, 5) is 26.3. The molecule has 2 aliphatic carbocycles. The number of fused-ring (bicyclic) bond motifs is 1. The summed E-state index contributed by atoms with van der Waals surface area (Å²) >= 11 is 0. The zero-order valence-electron chi connectivity index (χ0n) is 11.5. The van der Waals surface area contributed by atoms with Crippen LogP contribution in [0, 0.1) is 12.3 Å². The Labute approximate surface area is 122 Å². The monoisotopic (exact) mass is 279 g/mol. The first-order valence-corrected chi connectivity index (χ1v) is 6.27. The number of rotatable bonds is 3. The van der Waals surface area contributed by atoms with Crippen molar-refractivity contribution in [1.82, 2.24) is 4.98 Å². The number of esters is 1. The van der Waals surface area contributed by atoms with E-state index < -0.39 is 5.97 Å². The Hall–Kier alpha value is -2.93. The van der Waals surface area contributed by atoms with Crippen LogP contribution in [0.2, 0.25) is 0 Å². The zero-order chi connectivity index (χ0) is 15.2. The molecule has 4 nitrogen and oxygen atoms in total. The first-order valence-electron chi connectivity index (χ1n) is 6.27. The van der Waals surface area contributed by atoms with Crippen LogP contribution in [-0.2, 0) is 9.53 Å². The van der Waals surface area contributed by atoms with Gasteiger partial charge in [0.05, 0.1) is 12.7 Å². The standard InChI is InChI=1S/C11H9NO3.C6H4/c1-3-9-8(5-4-6-12-9)10(13)7-11(14)15-2;1-2-5-4-6(5)3-1/h1,4-6H,7H2,2H3;1-4H. The van der Waals surface area contributed by atoms with Crippen molar-refractivity contribution in [3.8, 4) is 23.5 Å². The lowest BCUT2D eigenvalue weighted by molar-refractivity contribution is -0.139. The largest absolute Gasteiger partial charge is 0.469 e. The smallest absolute Gasteiger partial charge is 0.313 e.